The lowest BCUT2D eigenvalue weighted by molar-refractivity contribution is 0.287. The molecule has 0 saturated carbocycles. The fraction of sp³-hybridized carbons (Fsp3) is 0. The predicted molar refractivity (Wildman–Crippen MR) is 38.9 cm³/mol. The minimum atomic E-state index is -2.02. The Bertz CT molecular complexity index is 258. The first kappa shape index (κ1) is 8.83. The van der Waals surface area contributed by atoms with E-state index in [1.807, 2.05) is 0 Å². The summed E-state index contributed by atoms with van der Waals surface area (Å²) in [6, 6.07) is 2.85. The summed E-state index contributed by atoms with van der Waals surface area (Å²) in [7, 11) is -2.02. The van der Waals surface area contributed by atoms with E-state index >= 15 is 0 Å². The van der Waals surface area contributed by atoms with Crippen LogP contribution >= 0.6 is 0 Å². The van der Waals surface area contributed by atoms with Gasteiger partial charge >= 0.3 is 7.32 Å². The van der Waals surface area contributed by atoms with Crippen molar-refractivity contribution in [1.29, 1.82) is 0 Å². The molecular weight excluding hydrogens is 166 g/mol. The van der Waals surface area contributed by atoms with Crippen molar-refractivity contribution in [2.75, 3.05) is 0 Å². The summed E-state index contributed by atoms with van der Waals surface area (Å²) >= 11 is 0. The summed E-state index contributed by atoms with van der Waals surface area (Å²) in [4.78, 5) is 0. The van der Waals surface area contributed by atoms with Crippen LogP contribution in [0.3, 0.4) is 0 Å². The lowest BCUT2D eigenvalue weighted by atomic mass is 10.2. The molecule has 12 heavy (non-hydrogen) atoms. The van der Waals surface area contributed by atoms with E-state index in [-0.39, 0.29) is 11.5 Å². The van der Waals surface area contributed by atoms with Crippen LogP contribution in [0.25, 0.3) is 0 Å². The van der Waals surface area contributed by atoms with Gasteiger partial charge in [0.1, 0.15) is 17.3 Å². The molecule has 0 saturated heterocycles. The molecule has 0 aliphatic carbocycles. The molecule has 64 valence electrons. The van der Waals surface area contributed by atoms with Gasteiger partial charge in [0.25, 0.3) is 0 Å². The van der Waals surface area contributed by atoms with Gasteiger partial charge in [0.2, 0.25) is 0 Å². The SMILES string of the molecule is OB(O)Oc1cc(O)cc(F)c1. The van der Waals surface area contributed by atoms with Crippen LogP contribution in [0.1, 0.15) is 0 Å². The van der Waals surface area contributed by atoms with Crippen LogP contribution in [-0.2, 0) is 0 Å². The van der Waals surface area contributed by atoms with E-state index in [4.69, 9.17) is 15.2 Å². The van der Waals surface area contributed by atoms with E-state index in [0.717, 1.165) is 18.2 Å². The summed E-state index contributed by atoms with van der Waals surface area (Å²) < 4.78 is 16.8. The highest BCUT2D eigenvalue weighted by Gasteiger charge is 2.12. The van der Waals surface area contributed by atoms with Crippen LogP contribution < -0.4 is 4.65 Å². The number of hydrogen-bond acceptors (Lipinski definition) is 4. The molecule has 0 unspecified atom stereocenters. The van der Waals surface area contributed by atoms with Crippen molar-refractivity contribution in [2.45, 2.75) is 0 Å². The number of phenols is 1. The standard InChI is InChI=1S/C6H6BFO4/c8-4-1-5(9)3-6(2-4)12-7(10)11/h1-3,9-11H. The summed E-state index contributed by atoms with van der Waals surface area (Å²) in [6.45, 7) is 0. The molecule has 4 nitrogen and oxygen atoms in total. The van der Waals surface area contributed by atoms with E-state index in [0.29, 0.717) is 0 Å². The summed E-state index contributed by atoms with van der Waals surface area (Å²) in [5, 5.41) is 25.5. The average Bonchev–Trinajstić information content (AvgIpc) is 1.81. The van der Waals surface area contributed by atoms with Gasteiger partial charge in [-0.1, -0.05) is 0 Å². The largest absolute Gasteiger partial charge is 0.707 e. The third kappa shape index (κ3) is 2.41. The molecule has 6 heteroatoms. The Balaban J connectivity index is 2.85. The van der Waals surface area contributed by atoms with Crippen LogP contribution in [-0.4, -0.2) is 22.5 Å². The molecule has 0 aliphatic heterocycles. The van der Waals surface area contributed by atoms with E-state index in [1.165, 1.54) is 0 Å². The quantitative estimate of drug-likeness (QED) is 0.543. The minimum absolute atomic E-state index is 0.150. The first-order chi connectivity index (χ1) is 5.58. The fourth-order valence-corrected chi connectivity index (χ4v) is 0.738. The number of rotatable bonds is 2. The molecule has 0 aliphatic rings. The van der Waals surface area contributed by atoms with Crippen LogP contribution in [0.2, 0.25) is 0 Å². The molecule has 0 spiro atoms. The van der Waals surface area contributed by atoms with Gasteiger partial charge in [-0.05, 0) is 0 Å². The van der Waals surface area contributed by atoms with Crippen molar-refractivity contribution in [2.24, 2.45) is 0 Å². The third-order valence-corrected chi connectivity index (χ3v) is 1.10. The highest BCUT2D eigenvalue weighted by Crippen LogP contribution is 2.20. The molecule has 0 bridgehead atoms. The molecule has 0 atom stereocenters. The second-order valence-corrected chi connectivity index (χ2v) is 2.09. The maximum Gasteiger partial charge on any atom is 0.707 e. The number of hydrogen-bond donors (Lipinski definition) is 3. The van der Waals surface area contributed by atoms with E-state index in [2.05, 4.69) is 4.65 Å². The van der Waals surface area contributed by atoms with Gasteiger partial charge in [0.05, 0.1) is 0 Å². The summed E-state index contributed by atoms with van der Waals surface area (Å²) in [5.74, 6) is -1.21. The Morgan fingerprint density at radius 3 is 2.42 bits per heavy atom. The van der Waals surface area contributed by atoms with Gasteiger partial charge in [-0.15, -0.1) is 0 Å². The zero-order valence-corrected chi connectivity index (χ0v) is 5.94. The smallest absolute Gasteiger partial charge is 0.512 e. The van der Waals surface area contributed by atoms with Gasteiger partial charge in [-0.25, -0.2) is 4.39 Å². The molecule has 0 fully saturated rings. The van der Waals surface area contributed by atoms with Crippen molar-refractivity contribution in [3.63, 3.8) is 0 Å². The van der Waals surface area contributed by atoms with Gasteiger partial charge in [0.15, 0.2) is 0 Å². The summed E-state index contributed by atoms with van der Waals surface area (Å²) in [6.07, 6.45) is 0. The Kier molecular flexibility index (Phi) is 2.52. The molecule has 0 amide bonds. The highest BCUT2D eigenvalue weighted by atomic mass is 19.1. The molecule has 0 radical (unpaired) electrons. The number of aromatic hydroxyl groups is 1. The lowest BCUT2D eigenvalue weighted by Gasteiger charge is -2.04. The average molecular weight is 172 g/mol. The van der Waals surface area contributed by atoms with Crippen LogP contribution in [0.5, 0.6) is 11.5 Å². The van der Waals surface area contributed by atoms with Crippen molar-refractivity contribution in [3.05, 3.63) is 24.0 Å². The Hall–Kier alpha value is -1.27. The van der Waals surface area contributed by atoms with Crippen molar-refractivity contribution < 1.29 is 24.2 Å². The van der Waals surface area contributed by atoms with Crippen LogP contribution in [0.4, 0.5) is 4.39 Å². The second kappa shape index (κ2) is 3.42. The molecule has 0 aromatic heterocycles. The zero-order valence-electron chi connectivity index (χ0n) is 5.94. The van der Waals surface area contributed by atoms with E-state index in [1.54, 1.807) is 0 Å². The molecular formula is C6H6BFO4. The van der Waals surface area contributed by atoms with Gasteiger partial charge in [-0.3, -0.25) is 0 Å². The predicted octanol–water partition coefficient (Wildman–Crippen LogP) is -0.120. The Morgan fingerprint density at radius 1 is 1.25 bits per heavy atom. The first-order valence-electron chi connectivity index (χ1n) is 3.10. The maximum absolute atomic E-state index is 12.5. The molecule has 1 aromatic rings. The monoisotopic (exact) mass is 172 g/mol. The van der Waals surface area contributed by atoms with Gasteiger partial charge in [-0.2, -0.15) is 0 Å². The van der Waals surface area contributed by atoms with Crippen molar-refractivity contribution in [1.82, 2.24) is 0 Å². The highest BCUT2D eigenvalue weighted by molar-refractivity contribution is 6.33. The molecule has 1 rings (SSSR count). The van der Waals surface area contributed by atoms with Gasteiger partial charge < -0.3 is 19.8 Å². The second-order valence-electron chi connectivity index (χ2n) is 2.09. The fourth-order valence-electron chi connectivity index (χ4n) is 0.738. The topological polar surface area (TPSA) is 69.9 Å². The van der Waals surface area contributed by atoms with Crippen LogP contribution in [0, 0.1) is 5.82 Å². The van der Waals surface area contributed by atoms with E-state index < -0.39 is 13.1 Å². The third-order valence-electron chi connectivity index (χ3n) is 1.10. The Labute approximate surface area is 68.0 Å². The molecule has 3 N–H and O–H groups in total. The normalized spacial score (nSPS) is 9.58. The van der Waals surface area contributed by atoms with Crippen molar-refractivity contribution >= 4 is 7.32 Å². The number of phenolic OH excluding ortho intramolecular Hbond substituents is 1. The lowest BCUT2D eigenvalue weighted by Crippen LogP contribution is -2.20. The summed E-state index contributed by atoms with van der Waals surface area (Å²) in [5.41, 5.74) is 0. The Morgan fingerprint density at radius 2 is 1.92 bits per heavy atom. The molecule has 0 heterocycles. The molecule has 1 aromatic carbocycles. The van der Waals surface area contributed by atoms with Crippen molar-refractivity contribution in [3.8, 4) is 11.5 Å². The van der Waals surface area contributed by atoms with E-state index in [9.17, 15) is 4.39 Å². The van der Waals surface area contributed by atoms with Gasteiger partial charge in [0, 0.05) is 18.2 Å². The number of halogens is 1. The maximum atomic E-state index is 12.5. The minimum Gasteiger partial charge on any atom is -0.512 e. The zero-order chi connectivity index (χ0) is 9.14. The number of benzene rings is 1. The first-order valence-corrected chi connectivity index (χ1v) is 3.10. The van der Waals surface area contributed by atoms with Crippen LogP contribution in [0.15, 0.2) is 18.2 Å².